The van der Waals surface area contributed by atoms with Crippen LogP contribution in [0.15, 0.2) is 4.79 Å². The van der Waals surface area contributed by atoms with Gasteiger partial charge < -0.3 is 15.3 Å². The van der Waals surface area contributed by atoms with Crippen molar-refractivity contribution in [1.82, 2.24) is 15.3 Å². The van der Waals surface area contributed by atoms with Crippen LogP contribution in [-0.2, 0) is 6.42 Å². The van der Waals surface area contributed by atoms with Crippen LogP contribution in [0.3, 0.4) is 0 Å². The van der Waals surface area contributed by atoms with Crippen LogP contribution in [0.25, 0.3) is 0 Å². The maximum Gasteiger partial charge on any atom is 0.323 e. The van der Waals surface area contributed by atoms with E-state index in [0.29, 0.717) is 11.8 Å². The summed E-state index contributed by atoms with van der Waals surface area (Å²) in [6.07, 6.45) is 3.31. The van der Waals surface area contributed by atoms with E-state index in [4.69, 9.17) is 0 Å². The number of imidazole rings is 1. The maximum absolute atomic E-state index is 11.4. The molecule has 1 aliphatic heterocycles. The number of rotatable bonds is 3. The number of nitrogens with one attached hydrogen (secondary N) is 3. The average Bonchev–Trinajstić information content (AvgIpc) is 2.60. The Labute approximate surface area is 95.9 Å². The molecule has 90 valence electrons. The lowest BCUT2D eigenvalue weighted by atomic mass is 9.93. The summed E-state index contributed by atoms with van der Waals surface area (Å²) in [5.74, 6) is 1.04. The molecule has 1 aromatic rings. The number of aromatic nitrogens is 2. The standard InChI is InChI=1S/C12H21N3O/c1-8(2)6-10-11(15-12(16)14-10)9-4-3-5-13-7-9/h8-9,13H,3-7H2,1-2H3,(H2,14,15,16). The van der Waals surface area contributed by atoms with Gasteiger partial charge >= 0.3 is 5.69 Å². The third kappa shape index (κ3) is 2.55. The van der Waals surface area contributed by atoms with E-state index >= 15 is 0 Å². The molecule has 0 bridgehead atoms. The summed E-state index contributed by atoms with van der Waals surface area (Å²) in [6, 6.07) is 0. The van der Waals surface area contributed by atoms with Crippen LogP contribution in [0.5, 0.6) is 0 Å². The van der Waals surface area contributed by atoms with Crippen molar-refractivity contribution in [3.63, 3.8) is 0 Å². The number of hydrogen-bond acceptors (Lipinski definition) is 2. The minimum absolute atomic E-state index is 0.0591. The van der Waals surface area contributed by atoms with Gasteiger partial charge in [0.15, 0.2) is 0 Å². The summed E-state index contributed by atoms with van der Waals surface area (Å²) in [4.78, 5) is 17.3. The molecule has 1 unspecified atom stereocenters. The molecule has 0 amide bonds. The fourth-order valence-corrected chi connectivity index (χ4v) is 2.45. The Balaban J connectivity index is 2.20. The summed E-state index contributed by atoms with van der Waals surface area (Å²) in [6.45, 7) is 6.44. The molecule has 4 nitrogen and oxygen atoms in total. The SMILES string of the molecule is CC(C)Cc1[nH]c(=O)[nH]c1C1CCCNC1. The molecule has 0 aliphatic carbocycles. The zero-order valence-corrected chi connectivity index (χ0v) is 10.1. The molecule has 0 aromatic carbocycles. The number of H-pyrrole nitrogens is 2. The molecular weight excluding hydrogens is 202 g/mol. The molecule has 2 heterocycles. The predicted octanol–water partition coefficient (Wildman–Crippen LogP) is 1.37. The zero-order valence-electron chi connectivity index (χ0n) is 10.1. The van der Waals surface area contributed by atoms with Gasteiger partial charge in [-0.05, 0) is 31.7 Å². The van der Waals surface area contributed by atoms with Gasteiger partial charge in [0.05, 0.1) is 0 Å². The summed E-state index contributed by atoms with van der Waals surface area (Å²) in [7, 11) is 0. The molecule has 2 rings (SSSR count). The van der Waals surface area contributed by atoms with E-state index in [1.54, 1.807) is 0 Å². The number of aromatic amines is 2. The lowest BCUT2D eigenvalue weighted by Crippen LogP contribution is -2.29. The smallest absolute Gasteiger partial charge is 0.316 e. The summed E-state index contributed by atoms with van der Waals surface area (Å²) < 4.78 is 0. The average molecular weight is 223 g/mol. The van der Waals surface area contributed by atoms with Crippen LogP contribution in [0, 0.1) is 5.92 Å². The van der Waals surface area contributed by atoms with Crippen molar-refractivity contribution in [2.45, 2.75) is 39.0 Å². The molecule has 1 fully saturated rings. The highest BCUT2D eigenvalue weighted by molar-refractivity contribution is 5.18. The van der Waals surface area contributed by atoms with Gasteiger partial charge in [-0.1, -0.05) is 13.8 Å². The second-order valence-corrected chi connectivity index (χ2v) is 5.11. The molecule has 4 heteroatoms. The summed E-state index contributed by atoms with van der Waals surface area (Å²) >= 11 is 0. The Morgan fingerprint density at radius 1 is 1.38 bits per heavy atom. The van der Waals surface area contributed by atoms with E-state index in [1.165, 1.54) is 12.8 Å². The van der Waals surface area contributed by atoms with Crippen LogP contribution in [0.4, 0.5) is 0 Å². The Bertz CT molecular complexity index is 385. The lowest BCUT2D eigenvalue weighted by Gasteiger charge is -2.22. The molecule has 1 aromatic heterocycles. The van der Waals surface area contributed by atoms with Crippen molar-refractivity contribution in [1.29, 1.82) is 0 Å². The van der Waals surface area contributed by atoms with E-state index in [1.807, 2.05) is 0 Å². The van der Waals surface area contributed by atoms with Crippen molar-refractivity contribution in [2.75, 3.05) is 13.1 Å². The van der Waals surface area contributed by atoms with Gasteiger partial charge in [-0.2, -0.15) is 0 Å². The topological polar surface area (TPSA) is 60.7 Å². The second-order valence-electron chi connectivity index (χ2n) is 5.11. The van der Waals surface area contributed by atoms with Gasteiger partial charge in [-0.25, -0.2) is 4.79 Å². The van der Waals surface area contributed by atoms with E-state index in [-0.39, 0.29) is 5.69 Å². The predicted molar refractivity (Wildman–Crippen MR) is 64.8 cm³/mol. The van der Waals surface area contributed by atoms with Crippen LogP contribution in [0.2, 0.25) is 0 Å². The first kappa shape index (κ1) is 11.5. The highest BCUT2D eigenvalue weighted by Gasteiger charge is 2.20. The van der Waals surface area contributed by atoms with E-state index in [9.17, 15) is 4.79 Å². The van der Waals surface area contributed by atoms with Gasteiger partial charge in [-0.15, -0.1) is 0 Å². The van der Waals surface area contributed by atoms with E-state index in [2.05, 4.69) is 29.1 Å². The first-order valence-corrected chi connectivity index (χ1v) is 6.18. The second kappa shape index (κ2) is 4.87. The molecule has 0 spiro atoms. The number of piperidine rings is 1. The normalized spacial score (nSPS) is 21.6. The van der Waals surface area contributed by atoms with Crippen LogP contribution in [0.1, 0.15) is 44.0 Å². The Morgan fingerprint density at radius 2 is 2.19 bits per heavy atom. The fourth-order valence-electron chi connectivity index (χ4n) is 2.45. The third-order valence-electron chi connectivity index (χ3n) is 3.16. The summed E-state index contributed by atoms with van der Waals surface area (Å²) in [5.41, 5.74) is 2.18. The zero-order chi connectivity index (χ0) is 11.5. The molecule has 1 saturated heterocycles. The Kier molecular flexibility index (Phi) is 3.49. The largest absolute Gasteiger partial charge is 0.323 e. The minimum Gasteiger partial charge on any atom is -0.316 e. The van der Waals surface area contributed by atoms with Gasteiger partial charge in [0.2, 0.25) is 0 Å². The first-order chi connectivity index (χ1) is 7.66. The van der Waals surface area contributed by atoms with Crippen LogP contribution in [-0.4, -0.2) is 23.1 Å². The lowest BCUT2D eigenvalue weighted by molar-refractivity contribution is 0.451. The maximum atomic E-state index is 11.4. The first-order valence-electron chi connectivity index (χ1n) is 6.18. The minimum atomic E-state index is -0.0591. The van der Waals surface area contributed by atoms with Gasteiger partial charge in [0.1, 0.15) is 0 Å². The molecular formula is C12H21N3O. The van der Waals surface area contributed by atoms with E-state index < -0.39 is 0 Å². The van der Waals surface area contributed by atoms with Crippen molar-refractivity contribution < 1.29 is 0 Å². The molecule has 16 heavy (non-hydrogen) atoms. The van der Waals surface area contributed by atoms with Crippen molar-refractivity contribution in [2.24, 2.45) is 5.92 Å². The molecule has 1 atom stereocenters. The van der Waals surface area contributed by atoms with Crippen molar-refractivity contribution >= 4 is 0 Å². The monoisotopic (exact) mass is 223 g/mol. The van der Waals surface area contributed by atoms with Crippen LogP contribution >= 0.6 is 0 Å². The quantitative estimate of drug-likeness (QED) is 0.724. The molecule has 3 N–H and O–H groups in total. The highest BCUT2D eigenvalue weighted by Crippen LogP contribution is 2.24. The number of hydrogen-bond donors (Lipinski definition) is 3. The van der Waals surface area contributed by atoms with Gasteiger partial charge in [-0.3, -0.25) is 0 Å². The Morgan fingerprint density at radius 3 is 2.81 bits per heavy atom. The van der Waals surface area contributed by atoms with Gasteiger partial charge in [0, 0.05) is 23.9 Å². The summed E-state index contributed by atoms with van der Waals surface area (Å²) in [5, 5.41) is 3.39. The van der Waals surface area contributed by atoms with Crippen LogP contribution < -0.4 is 11.0 Å². The van der Waals surface area contributed by atoms with Gasteiger partial charge in [0.25, 0.3) is 0 Å². The van der Waals surface area contributed by atoms with E-state index in [0.717, 1.165) is 30.9 Å². The molecule has 0 radical (unpaired) electrons. The third-order valence-corrected chi connectivity index (χ3v) is 3.16. The van der Waals surface area contributed by atoms with Crippen molar-refractivity contribution in [3.05, 3.63) is 21.9 Å². The Hall–Kier alpha value is -1.03. The fraction of sp³-hybridized carbons (Fsp3) is 0.750. The molecule has 0 saturated carbocycles. The van der Waals surface area contributed by atoms with Crippen molar-refractivity contribution in [3.8, 4) is 0 Å². The molecule has 1 aliphatic rings. The highest BCUT2D eigenvalue weighted by atomic mass is 16.1.